The zero-order chi connectivity index (χ0) is 21.1. The molecule has 8 nitrogen and oxygen atoms in total. The van der Waals surface area contributed by atoms with Gasteiger partial charge in [0, 0.05) is 4.88 Å². The van der Waals surface area contributed by atoms with Gasteiger partial charge in [-0.15, -0.1) is 21.5 Å². The fourth-order valence-corrected chi connectivity index (χ4v) is 5.29. The lowest BCUT2D eigenvalue weighted by atomic mass is 9.88. The zero-order valence-electron chi connectivity index (χ0n) is 16.6. The lowest BCUT2D eigenvalue weighted by Gasteiger charge is -2.18. The van der Waals surface area contributed by atoms with Gasteiger partial charge in [0.05, 0.1) is 24.2 Å². The molecule has 0 aliphatic heterocycles. The maximum absolute atomic E-state index is 12.5. The van der Waals surface area contributed by atoms with E-state index in [9.17, 15) is 9.59 Å². The number of rotatable bonds is 7. The van der Waals surface area contributed by atoms with Crippen LogP contribution in [0.5, 0.6) is 0 Å². The number of fused-ring (bicyclic) bond motifs is 1. The number of esters is 1. The average molecular weight is 448 g/mol. The van der Waals surface area contributed by atoms with Crippen molar-refractivity contribution >= 4 is 40.0 Å². The van der Waals surface area contributed by atoms with E-state index in [4.69, 9.17) is 13.6 Å². The van der Waals surface area contributed by atoms with Crippen LogP contribution in [0.3, 0.4) is 0 Å². The normalized spacial score (nSPS) is 15.6. The summed E-state index contributed by atoms with van der Waals surface area (Å²) in [7, 11) is 0. The second-order valence-corrected chi connectivity index (χ2v) is 9.00. The van der Waals surface area contributed by atoms with E-state index in [1.54, 1.807) is 19.1 Å². The molecule has 0 bridgehead atoms. The van der Waals surface area contributed by atoms with Crippen LogP contribution in [-0.2, 0) is 22.4 Å². The largest absolute Gasteiger partial charge is 0.462 e. The summed E-state index contributed by atoms with van der Waals surface area (Å²) >= 11 is 2.59. The predicted molar refractivity (Wildman–Crippen MR) is 113 cm³/mol. The third kappa shape index (κ3) is 4.44. The monoisotopic (exact) mass is 447 g/mol. The number of ether oxygens (including phenoxy) is 1. The summed E-state index contributed by atoms with van der Waals surface area (Å²) in [5.74, 6) is 0.721. The molecular formula is C20H21N3O5S2. The molecule has 0 radical (unpaired) electrons. The molecule has 0 saturated heterocycles. The number of carbonyl (C=O) groups excluding carboxylic acids is 2. The van der Waals surface area contributed by atoms with Crippen molar-refractivity contribution < 1.29 is 23.2 Å². The van der Waals surface area contributed by atoms with E-state index in [0.717, 1.165) is 41.5 Å². The minimum atomic E-state index is -0.382. The highest BCUT2D eigenvalue weighted by Crippen LogP contribution is 2.40. The van der Waals surface area contributed by atoms with Crippen molar-refractivity contribution in [2.45, 2.75) is 38.3 Å². The molecule has 158 valence electrons. The number of hydrogen-bond acceptors (Lipinski definition) is 9. The number of furan rings is 1. The van der Waals surface area contributed by atoms with E-state index in [1.165, 1.54) is 17.6 Å². The molecular weight excluding hydrogens is 426 g/mol. The molecule has 10 heteroatoms. The number of hydrogen-bond donors (Lipinski definition) is 1. The average Bonchev–Trinajstić information content (AvgIpc) is 3.45. The van der Waals surface area contributed by atoms with E-state index in [0.29, 0.717) is 22.2 Å². The maximum atomic E-state index is 12.5. The summed E-state index contributed by atoms with van der Waals surface area (Å²) in [4.78, 5) is 26.2. The minimum Gasteiger partial charge on any atom is -0.462 e. The van der Waals surface area contributed by atoms with Crippen LogP contribution in [0.2, 0.25) is 0 Å². The Kier molecular flexibility index (Phi) is 6.24. The summed E-state index contributed by atoms with van der Waals surface area (Å²) in [6, 6.07) is 3.44. The third-order valence-electron chi connectivity index (χ3n) is 4.71. The second-order valence-electron chi connectivity index (χ2n) is 6.96. The molecule has 3 heterocycles. The lowest BCUT2D eigenvalue weighted by Crippen LogP contribution is -2.17. The molecule has 1 unspecified atom stereocenters. The van der Waals surface area contributed by atoms with Crippen LogP contribution in [0.15, 0.2) is 32.5 Å². The smallest absolute Gasteiger partial charge is 0.341 e. The van der Waals surface area contributed by atoms with Crippen LogP contribution in [0.4, 0.5) is 5.00 Å². The Hall–Kier alpha value is -2.59. The van der Waals surface area contributed by atoms with Crippen LogP contribution in [0.1, 0.15) is 41.1 Å². The Morgan fingerprint density at radius 1 is 1.40 bits per heavy atom. The van der Waals surface area contributed by atoms with Gasteiger partial charge in [-0.2, -0.15) is 0 Å². The Balaban J connectivity index is 1.44. The number of nitrogens with zero attached hydrogens (tertiary/aromatic N) is 2. The van der Waals surface area contributed by atoms with Crippen LogP contribution in [0, 0.1) is 5.92 Å². The van der Waals surface area contributed by atoms with Crippen molar-refractivity contribution in [2.24, 2.45) is 5.92 Å². The van der Waals surface area contributed by atoms with Gasteiger partial charge in [0.15, 0.2) is 5.76 Å². The van der Waals surface area contributed by atoms with Crippen molar-refractivity contribution in [3.8, 4) is 11.7 Å². The van der Waals surface area contributed by atoms with Gasteiger partial charge >= 0.3 is 5.97 Å². The van der Waals surface area contributed by atoms with Gasteiger partial charge in [0.1, 0.15) is 5.00 Å². The predicted octanol–water partition coefficient (Wildman–Crippen LogP) is 4.42. The molecule has 1 N–H and O–H groups in total. The van der Waals surface area contributed by atoms with Crippen molar-refractivity contribution in [1.29, 1.82) is 0 Å². The molecule has 0 spiro atoms. The number of aromatic nitrogens is 2. The van der Waals surface area contributed by atoms with Crippen LogP contribution >= 0.6 is 23.1 Å². The molecule has 1 amide bonds. The van der Waals surface area contributed by atoms with Gasteiger partial charge in [-0.1, -0.05) is 18.7 Å². The molecule has 1 aliphatic carbocycles. The standard InChI is InChI=1S/C20H21N3O5S2/c1-3-26-19(25)16-12-7-6-11(2)9-14(12)30-18(16)21-15(24)10-29-20-23-22-17(28-20)13-5-4-8-27-13/h4-5,8,11H,3,6-7,9-10H2,1-2H3,(H,21,24). The highest BCUT2D eigenvalue weighted by Gasteiger charge is 2.29. The molecule has 4 rings (SSSR count). The van der Waals surface area contributed by atoms with E-state index in [1.807, 2.05) is 0 Å². The van der Waals surface area contributed by atoms with Crippen LogP contribution < -0.4 is 5.32 Å². The van der Waals surface area contributed by atoms with Crippen LogP contribution in [-0.4, -0.2) is 34.4 Å². The fourth-order valence-electron chi connectivity index (χ4n) is 3.32. The van der Waals surface area contributed by atoms with Crippen molar-refractivity contribution in [3.05, 3.63) is 34.4 Å². The molecule has 0 aromatic carbocycles. The van der Waals surface area contributed by atoms with Crippen molar-refractivity contribution in [2.75, 3.05) is 17.7 Å². The van der Waals surface area contributed by atoms with Gasteiger partial charge in [-0.3, -0.25) is 4.79 Å². The first-order valence-electron chi connectivity index (χ1n) is 9.66. The van der Waals surface area contributed by atoms with E-state index < -0.39 is 0 Å². The number of nitrogens with one attached hydrogen (secondary N) is 1. The quantitative estimate of drug-likeness (QED) is 0.419. The highest BCUT2D eigenvalue weighted by molar-refractivity contribution is 7.99. The SMILES string of the molecule is CCOC(=O)c1c(NC(=O)CSc2nnc(-c3ccco3)o2)sc2c1CCC(C)C2. The van der Waals surface area contributed by atoms with E-state index >= 15 is 0 Å². The van der Waals surface area contributed by atoms with Crippen molar-refractivity contribution in [1.82, 2.24) is 10.2 Å². The topological polar surface area (TPSA) is 107 Å². The molecule has 3 aromatic rings. The van der Waals surface area contributed by atoms with Crippen molar-refractivity contribution in [3.63, 3.8) is 0 Å². The Morgan fingerprint density at radius 3 is 3.03 bits per heavy atom. The Labute approximate surface area is 181 Å². The first-order chi connectivity index (χ1) is 14.5. The Morgan fingerprint density at radius 2 is 2.27 bits per heavy atom. The molecule has 30 heavy (non-hydrogen) atoms. The maximum Gasteiger partial charge on any atom is 0.341 e. The number of anilines is 1. The highest BCUT2D eigenvalue weighted by atomic mass is 32.2. The van der Waals surface area contributed by atoms with E-state index in [2.05, 4.69) is 22.4 Å². The Bertz CT molecular complexity index is 1040. The molecule has 0 fully saturated rings. The second kappa shape index (κ2) is 9.05. The summed E-state index contributed by atoms with van der Waals surface area (Å²) < 4.78 is 15.9. The number of amides is 1. The molecule has 1 atom stereocenters. The van der Waals surface area contributed by atoms with E-state index in [-0.39, 0.29) is 35.3 Å². The summed E-state index contributed by atoms with van der Waals surface area (Å²) in [6.07, 6.45) is 4.27. The zero-order valence-corrected chi connectivity index (χ0v) is 18.2. The number of carbonyl (C=O) groups is 2. The third-order valence-corrected chi connectivity index (χ3v) is 6.70. The first kappa shape index (κ1) is 20.7. The van der Waals surface area contributed by atoms with Gasteiger partial charge in [-0.25, -0.2) is 4.79 Å². The summed E-state index contributed by atoms with van der Waals surface area (Å²) in [5, 5.41) is 11.5. The summed E-state index contributed by atoms with van der Waals surface area (Å²) in [6.45, 7) is 4.26. The summed E-state index contributed by atoms with van der Waals surface area (Å²) in [5.41, 5.74) is 1.51. The minimum absolute atomic E-state index is 0.0705. The van der Waals surface area contributed by atoms with Gasteiger partial charge in [0.2, 0.25) is 5.91 Å². The number of thioether (sulfide) groups is 1. The molecule has 1 aliphatic rings. The fraction of sp³-hybridized carbons (Fsp3) is 0.400. The first-order valence-corrected chi connectivity index (χ1v) is 11.5. The van der Waals surface area contributed by atoms with Gasteiger partial charge in [0.25, 0.3) is 11.1 Å². The number of thiophene rings is 1. The lowest BCUT2D eigenvalue weighted by molar-refractivity contribution is -0.113. The van der Waals surface area contributed by atoms with Gasteiger partial charge in [-0.05, 0) is 49.8 Å². The molecule has 0 saturated carbocycles. The van der Waals surface area contributed by atoms with Gasteiger partial charge < -0.3 is 18.9 Å². The van der Waals surface area contributed by atoms with Crippen LogP contribution in [0.25, 0.3) is 11.7 Å². The molecule has 3 aromatic heterocycles.